The number of likely N-dealkylation sites (N-methyl/N-ethyl adjacent to an activating group) is 1. The van der Waals surface area contributed by atoms with Crippen molar-refractivity contribution in [1.82, 2.24) is 19.9 Å². The van der Waals surface area contributed by atoms with E-state index >= 15 is 0 Å². The van der Waals surface area contributed by atoms with Crippen molar-refractivity contribution in [3.63, 3.8) is 0 Å². The molecule has 1 spiro atoms. The van der Waals surface area contributed by atoms with Crippen LogP contribution in [0.5, 0.6) is 5.88 Å². The highest BCUT2D eigenvalue weighted by Crippen LogP contribution is 2.54. The van der Waals surface area contributed by atoms with Crippen molar-refractivity contribution >= 4 is 33.6 Å². The first kappa shape index (κ1) is 35.3. The van der Waals surface area contributed by atoms with Crippen molar-refractivity contribution in [3.05, 3.63) is 63.4 Å². The largest absolute Gasteiger partial charge is 0.511 e. The molecule has 0 radical (unpaired) electrons. The number of thiophene rings is 1. The van der Waals surface area contributed by atoms with Crippen molar-refractivity contribution in [2.24, 2.45) is 11.6 Å². The van der Waals surface area contributed by atoms with E-state index in [0.717, 1.165) is 55.5 Å². The molecule has 0 amide bonds. The van der Waals surface area contributed by atoms with E-state index in [-0.39, 0.29) is 46.9 Å². The topological polar surface area (TPSA) is 233 Å². The van der Waals surface area contributed by atoms with Gasteiger partial charge in [-0.3, -0.25) is 15.7 Å². The molecule has 2 aliphatic carbocycles. The lowest BCUT2D eigenvalue weighted by molar-refractivity contribution is 0.117. The standard InChI is InChI=1S/C35H47N11O3S/c1-20(26-7-5-14-45(26)2)49-29-16-28(42-13-9-24(37)25(38)18-46(41)21-10-15-48-19-21)43-34(44-29)31(39)22-6-3-11-35(32(22)47)12-4-8-27-30(35)23(17-36)33(40)50-27/h9,13,16,18,20-21,26,37,39,47H,3-8,10-12,14-15,19,38,40-41H2,1-2H3,(H,42,43,44)/b13-9-,25-18-,37-24?,39-31?/t20-,21-,26-,35-/m0/s1. The Morgan fingerprint density at radius 2 is 2.06 bits per heavy atom. The highest BCUT2D eigenvalue weighted by molar-refractivity contribution is 7.16. The van der Waals surface area contributed by atoms with E-state index in [1.165, 1.54) is 34.8 Å². The summed E-state index contributed by atoms with van der Waals surface area (Å²) in [4.78, 5) is 12.6. The van der Waals surface area contributed by atoms with E-state index in [1.807, 2.05) is 6.92 Å². The number of nitrogen functional groups attached to an aromatic ring is 1. The summed E-state index contributed by atoms with van der Waals surface area (Å²) in [6.45, 7) is 4.16. The fourth-order valence-electron chi connectivity index (χ4n) is 7.79. The molecule has 2 aliphatic heterocycles. The number of anilines is 2. The fourth-order valence-corrected chi connectivity index (χ4v) is 8.95. The van der Waals surface area contributed by atoms with Crippen LogP contribution in [0.3, 0.4) is 0 Å². The normalized spacial score (nSPS) is 24.7. The van der Waals surface area contributed by atoms with Crippen LogP contribution in [0, 0.1) is 22.1 Å². The highest BCUT2D eigenvalue weighted by atomic mass is 32.1. The van der Waals surface area contributed by atoms with E-state index in [9.17, 15) is 15.8 Å². The minimum Gasteiger partial charge on any atom is -0.511 e. The number of hydrogen-bond acceptors (Lipinski definition) is 15. The summed E-state index contributed by atoms with van der Waals surface area (Å²) in [6, 6.07) is 4.17. The van der Waals surface area contributed by atoms with Crippen molar-refractivity contribution in [2.45, 2.75) is 88.3 Å². The fraction of sp³-hybridized carbons (Fsp3) is 0.514. The smallest absolute Gasteiger partial charge is 0.219 e. The van der Waals surface area contributed by atoms with E-state index in [2.05, 4.69) is 33.3 Å². The number of aliphatic hydroxyl groups excluding tert-OH is 1. The first-order valence-corrected chi connectivity index (χ1v) is 18.0. The lowest BCUT2D eigenvalue weighted by Crippen LogP contribution is -2.38. The molecule has 4 aliphatic rings. The zero-order valence-electron chi connectivity index (χ0n) is 28.7. The van der Waals surface area contributed by atoms with Crippen LogP contribution in [0.4, 0.5) is 10.8 Å². The Bertz CT molecular complexity index is 1770. The highest BCUT2D eigenvalue weighted by Gasteiger charge is 2.47. The third-order valence-electron chi connectivity index (χ3n) is 10.4. The molecule has 0 saturated carbocycles. The number of aliphatic hydroxyl groups is 1. The Morgan fingerprint density at radius 3 is 2.76 bits per heavy atom. The lowest BCUT2D eigenvalue weighted by atomic mass is 9.63. The number of ether oxygens (including phenoxy) is 2. The first-order chi connectivity index (χ1) is 24.0. The zero-order chi connectivity index (χ0) is 35.6. The second-order valence-electron chi connectivity index (χ2n) is 13.6. The van der Waals surface area contributed by atoms with Crippen molar-refractivity contribution in [1.29, 1.82) is 16.1 Å². The van der Waals surface area contributed by atoms with Crippen molar-refractivity contribution in [3.8, 4) is 11.9 Å². The lowest BCUT2D eigenvalue weighted by Gasteiger charge is -2.41. The van der Waals surface area contributed by atoms with Gasteiger partial charge < -0.3 is 36.4 Å². The van der Waals surface area contributed by atoms with Crippen LogP contribution in [0.15, 0.2) is 41.6 Å². The molecule has 266 valence electrons. The summed E-state index contributed by atoms with van der Waals surface area (Å²) in [7, 11) is 2.08. The molecule has 4 atom stereocenters. The number of allylic oxidation sites excluding steroid dienone is 3. The minimum absolute atomic E-state index is 0.00243. The molecule has 6 rings (SSSR count). The van der Waals surface area contributed by atoms with Crippen LogP contribution in [0.2, 0.25) is 0 Å². The Balaban J connectivity index is 1.30. The molecule has 2 aromatic rings. The van der Waals surface area contributed by atoms with Gasteiger partial charge in [0.2, 0.25) is 5.88 Å². The molecule has 0 unspecified atom stereocenters. The van der Waals surface area contributed by atoms with Gasteiger partial charge in [0.25, 0.3) is 0 Å². The summed E-state index contributed by atoms with van der Waals surface area (Å²) >= 11 is 1.43. The predicted octanol–water partition coefficient (Wildman–Crippen LogP) is 4.20. The van der Waals surface area contributed by atoms with Crippen molar-refractivity contribution in [2.75, 3.05) is 37.9 Å². The van der Waals surface area contributed by atoms with E-state index < -0.39 is 5.41 Å². The molecule has 15 heteroatoms. The quantitative estimate of drug-likeness (QED) is 0.0993. The second-order valence-corrected chi connectivity index (χ2v) is 14.7. The van der Waals surface area contributed by atoms with Gasteiger partial charge in [0.05, 0.1) is 35.0 Å². The number of nitrogens with one attached hydrogen (secondary N) is 3. The molecule has 50 heavy (non-hydrogen) atoms. The SMILES string of the molecule is C[C@H](Oc1cc(N/C=C\C(=N)/C(N)=C/N(N)[C@H]2CCOC2)nc(C(=N)C2=C(O)[C@@]3(CCC2)CCCc2sc(N)c(C#N)c23)n1)[C@@H]1CCCN1C. The number of aryl methyl sites for hydroxylation is 1. The van der Waals surface area contributed by atoms with Crippen LogP contribution >= 0.6 is 11.3 Å². The van der Waals surface area contributed by atoms with Crippen LogP contribution in [-0.2, 0) is 16.6 Å². The van der Waals surface area contributed by atoms with Crippen molar-refractivity contribution < 1.29 is 14.6 Å². The van der Waals surface area contributed by atoms with Gasteiger partial charge in [-0.1, -0.05) is 0 Å². The Labute approximate surface area is 296 Å². The van der Waals surface area contributed by atoms with Crippen LogP contribution in [0.25, 0.3) is 0 Å². The molecule has 2 fully saturated rings. The van der Waals surface area contributed by atoms with Gasteiger partial charge in [-0.25, -0.2) is 10.8 Å². The first-order valence-electron chi connectivity index (χ1n) is 17.2. The van der Waals surface area contributed by atoms with Crippen LogP contribution in [-0.4, -0.2) is 81.4 Å². The number of rotatable bonds is 11. The number of nitrogens with zero attached hydrogens (tertiary/aromatic N) is 5. The summed E-state index contributed by atoms with van der Waals surface area (Å²) < 4.78 is 11.8. The van der Waals surface area contributed by atoms with Crippen LogP contribution in [0.1, 0.15) is 80.1 Å². The number of likely N-dealkylation sites (tertiary alicyclic amines) is 1. The number of nitrogens with two attached hydrogens (primary N) is 3. The molecular formula is C35H47N11O3S. The maximum Gasteiger partial charge on any atom is 0.219 e. The molecular weight excluding hydrogens is 655 g/mol. The van der Waals surface area contributed by atoms with E-state index in [1.54, 1.807) is 6.07 Å². The Morgan fingerprint density at radius 1 is 1.28 bits per heavy atom. The third kappa shape index (κ3) is 6.93. The van der Waals surface area contributed by atoms with Gasteiger partial charge in [-0.05, 0) is 89.9 Å². The van der Waals surface area contributed by atoms with Gasteiger partial charge in [-0.15, -0.1) is 11.3 Å². The predicted molar refractivity (Wildman–Crippen MR) is 194 cm³/mol. The number of hydrazine groups is 1. The van der Waals surface area contributed by atoms with Crippen LogP contribution < -0.4 is 27.4 Å². The Kier molecular flexibility index (Phi) is 10.4. The molecule has 0 bridgehead atoms. The Hall–Kier alpha value is -4.49. The van der Waals surface area contributed by atoms with Gasteiger partial charge in [0.15, 0.2) is 5.82 Å². The van der Waals surface area contributed by atoms with E-state index in [4.69, 9.17) is 32.2 Å². The number of hydrogen-bond donors (Lipinski definition) is 7. The molecule has 2 aromatic heterocycles. The van der Waals surface area contributed by atoms with Gasteiger partial charge in [-0.2, -0.15) is 10.2 Å². The molecule has 2 saturated heterocycles. The summed E-state index contributed by atoms with van der Waals surface area (Å²) in [6.07, 6.45) is 11.5. The molecule has 10 N–H and O–H groups in total. The van der Waals surface area contributed by atoms with Gasteiger partial charge >= 0.3 is 0 Å². The number of nitriles is 1. The van der Waals surface area contributed by atoms with Gasteiger partial charge in [0.1, 0.15) is 34.5 Å². The van der Waals surface area contributed by atoms with E-state index in [0.29, 0.717) is 60.3 Å². The molecule has 0 aromatic carbocycles. The average molecular weight is 702 g/mol. The summed E-state index contributed by atoms with van der Waals surface area (Å²) in [5, 5.41) is 44.8. The molecule has 4 heterocycles. The second kappa shape index (κ2) is 14.8. The zero-order valence-corrected chi connectivity index (χ0v) is 29.5. The summed E-state index contributed by atoms with van der Waals surface area (Å²) in [5.41, 5.74) is 13.6. The number of fused-ring (bicyclic) bond motifs is 2. The van der Waals surface area contributed by atoms with Gasteiger partial charge in [0, 0.05) is 41.6 Å². The third-order valence-corrected chi connectivity index (χ3v) is 11.5. The maximum atomic E-state index is 12.0. The maximum absolute atomic E-state index is 12.0. The molecule has 14 nitrogen and oxygen atoms in total. The number of aromatic nitrogens is 2. The average Bonchev–Trinajstić information content (AvgIpc) is 3.86. The monoisotopic (exact) mass is 701 g/mol. The minimum atomic E-state index is -0.774. The summed E-state index contributed by atoms with van der Waals surface area (Å²) in [5.74, 6) is 6.95.